The Balaban J connectivity index is 0. The molecule has 0 aromatic carbocycles. The molecule has 0 aliphatic carbocycles. The van der Waals surface area contributed by atoms with Crippen LogP contribution in [-0.2, 0) is 24.9 Å². The quantitative estimate of drug-likeness (QED) is 0.540. The van der Waals surface area contributed by atoms with Gasteiger partial charge in [0.25, 0.3) is 0 Å². The van der Waals surface area contributed by atoms with Gasteiger partial charge in [0, 0.05) is 5.97 Å². The van der Waals surface area contributed by atoms with Crippen LogP contribution in [0.1, 0.15) is 6.92 Å². The van der Waals surface area contributed by atoms with E-state index >= 15 is 0 Å². The Morgan fingerprint density at radius 2 is 1.80 bits per heavy atom. The van der Waals surface area contributed by atoms with E-state index in [2.05, 4.69) is 0 Å². The van der Waals surface area contributed by atoms with Crippen molar-refractivity contribution in [2.24, 2.45) is 0 Å². The van der Waals surface area contributed by atoms with Gasteiger partial charge in [-0.05, 0) is 6.92 Å². The number of carboxylic acid groups (broad SMARTS) is 1. The second-order valence-corrected chi connectivity index (χ2v) is 0.492. The van der Waals surface area contributed by atoms with Crippen LogP contribution < -0.4 is 5.11 Å². The van der Waals surface area contributed by atoms with Gasteiger partial charge in [-0.2, -0.15) is 0 Å². The molecule has 0 spiro atoms. The molecule has 0 fully saturated rings. The van der Waals surface area contributed by atoms with E-state index in [4.69, 9.17) is 9.90 Å². The molecule has 30 valence electrons. The number of hydrogen-bond acceptors (Lipinski definition) is 2. The first kappa shape index (κ1) is 8.93. The van der Waals surface area contributed by atoms with Crippen LogP contribution in [0, 0.1) is 0 Å². The smallest absolute Gasteiger partial charge is 0.550 e. The normalized spacial score (nSPS) is 5.00. The van der Waals surface area contributed by atoms with E-state index in [0.717, 1.165) is 6.92 Å². The first-order chi connectivity index (χ1) is 1.73. The molecule has 0 rings (SSSR count). The Hall–Kier alpha value is 0.119. The number of carbonyl (C=O) groups is 1. The molecule has 0 saturated carbocycles. The summed E-state index contributed by atoms with van der Waals surface area (Å²) in [5, 5.41) is 8.89. The number of hydrogen-bond donors (Lipinski definition) is 0. The summed E-state index contributed by atoms with van der Waals surface area (Å²) in [5.74, 6) is -1.08. The van der Waals surface area contributed by atoms with Crippen molar-refractivity contribution in [3.63, 3.8) is 0 Å². The second kappa shape index (κ2) is 4.12. The molecule has 0 amide bonds. The number of aliphatic carboxylic acids is 1. The zero-order valence-corrected chi connectivity index (χ0v) is 5.04. The van der Waals surface area contributed by atoms with Crippen LogP contribution in [-0.4, -0.2) is 5.97 Å². The molecule has 0 bridgehead atoms. The summed E-state index contributed by atoms with van der Waals surface area (Å²) < 4.78 is 0. The summed E-state index contributed by atoms with van der Waals surface area (Å²) in [5.41, 5.74) is 0. The minimum Gasteiger partial charge on any atom is -0.550 e. The van der Waals surface area contributed by atoms with Crippen LogP contribution in [0.5, 0.6) is 0 Å². The number of rotatable bonds is 0. The zero-order chi connectivity index (χ0) is 3.58. The van der Waals surface area contributed by atoms with Gasteiger partial charge < -0.3 is 9.90 Å². The van der Waals surface area contributed by atoms with Crippen molar-refractivity contribution >= 4 is 5.97 Å². The summed E-state index contributed by atoms with van der Waals surface area (Å²) in [6, 6.07) is 0. The van der Waals surface area contributed by atoms with E-state index in [0.29, 0.717) is 0 Å². The molecule has 5 heavy (non-hydrogen) atoms. The average molecular weight is 251 g/mol. The summed E-state index contributed by atoms with van der Waals surface area (Å²) in [6.45, 7) is 0.972. The van der Waals surface area contributed by atoms with E-state index in [1.54, 1.807) is 0 Å². The Bertz CT molecular complexity index is 30.6. The summed E-state index contributed by atoms with van der Waals surface area (Å²) >= 11 is 0. The predicted octanol–water partition coefficient (Wildman–Crippen LogP) is -1.25. The molecule has 0 aromatic rings. The second-order valence-electron chi connectivity index (χ2n) is 0.492. The zero-order valence-electron chi connectivity index (χ0n) is 2.65. The van der Waals surface area contributed by atoms with Gasteiger partial charge in [0.2, 0.25) is 0 Å². The monoisotopic (exact) mass is 252 g/mol. The maximum Gasteiger partial charge on any atom is 3.00 e. The van der Waals surface area contributed by atoms with Gasteiger partial charge in [0.15, 0.2) is 0 Å². The van der Waals surface area contributed by atoms with Gasteiger partial charge >= 0.3 is 20.1 Å². The molecule has 0 N–H and O–H groups in total. The molecule has 3 heteroatoms. The molecular weight excluding hydrogens is 248 g/mol. The van der Waals surface area contributed by atoms with Crippen molar-refractivity contribution in [2.45, 2.75) is 6.92 Å². The van der Waals surface area contributed by atoms with Gasteiger partial charge in [-0.3, -0.25) is 0 Å². The van der Waals surface area contributed by atoms with E-state index in [9.17, 15) is 0 Å². The molecule has 0 atom stereocenters. The maximum absolute atomic E-state index is 8.89. The summed E-state index contributed by atoms with van der Waals surface area (Å²) in [4.78, 5) is 8.89. The van der Waals surface area contributed by atoms with Gasteiger partial charge in [0.05, 0.1) is 0 Å². The topological polar surface area (TPSA) is 40.1 Å². The first-order valence-electron chi connectivity index (χ1n) is 0.908. The predicted molar refractivity (Wildman–Crippen MR) is 10.7 cm³/mol. The number of carboxylic acids is 1. The van der Waals surface area contributed by atoms with Crippen LogP contribution in [0.3, 0.4) is 0 Å². The third-order valence-corrected chi connectivity index (χ3v) is 0. The van der Waals surface area contributed by atoms with E-state index in [1.807, 2.05) is 0 Å². The molecule has 0 aliphatic rings. The Morgan fingerprint density at radius 3 is 1.80 bits per heavy atom. The summed E-state index contributed by atoms with van der Waals surface area (Å²) in [7, 11) is 0. The van der Waals surface area contributed by atoms with Gasteiger partial charge in [-0.1, -0.05) is 0 Å². The molecule has 0 radical (unpaired) electrons. The molecule has 0 aromatic heterocycles. The Kier molecular flexibility index (Phi) is 7.36. The van der Waals surface area contributed by atoms with Crippen LogP contribution in [0.15, 0.2) is 0 Å². The first-order valence-corrected chi connectivity index (χ1v) is 0.908. The molecular formula is C2H3IrO2+2. The van der Waals surface area contributed by atoms with Gasteiger partial charge in [-0.15, -0.1) is 0 Å². The van der Waals surface area contributed by atoms with Crippen LogP contribution in [0.25, 0.3) is 0 Å². The fraction of sp³-hybridized carbons (Fsp3) is 0.500. The van der Waals surface area contributed by atoms with E-state index in [-0.39, 0.29) is 20.1 Å². The molecule has 0 heterocycles. The fourth-order valence-corrected chi connectivity index (χ4v) is 0. The van der Waals surface area contributed by atoms with Crippen molar-refractivity contribution in [3.8, 4) is 0 Å². The van der Waals surface area contributed by atoms with Crippen LogP contribution in [0.2, 0.25) is 0 Å². The van der Waals surface area contributed by atoms with E-state index in [1.165, 1.54) is 0 Å². The third kappa shape index (κ3) is 1300. The molecule has 0 aliphatic heterocycles. The largest absolute Gasteiger partial charge is 3.00 e. The third-order valence-electron chi connectivity index (χ3n) is 0. The Morgan fingerprint density at radius 1 is 1.80 bits per heavy atom. The van der Waals surface area contributed by atoms with Crippen LogP contribution >= 0.6 is 0 Å². The van der Waals surface area contributed by atoms with Crippen molar-refractivity contribution in [1.29, 1.82) is 0 Å². The van der Waals surface area contributed by atoms with Crippen molar-refractivity contribution in [1.82, 2.24) is 0 Å². The van der Waals surface area contributed by atoms with Gasteiger partial charge in [-0.25, -0.2) is 0 Å². The van der Waals surface area contributed by atoms with Crippen molar-refractivity contribution in [3.05, 3.63) is 0 Å². The average Bonchev–Trinajstić information content (AvgIpc) is 0.811. The van der Waals surface area contributed by atoms with Gasteiger partial charge in [0.1, 0.15) is 0 Å². The number of carbonyl (C=O) groups excluding carboxylic acids is 1. The van der Waals surface area contributed by atoms with Crippen LogP contribution in [0.4, 0.5) is 0 Å². The minimum atomic E-state index is -1.08. The van der Waals surface area contributed by atoms with Crippen molar-refractivity contribution < 1.29 is 30.0 Å². The molecule has 0 saturated heterocycles. The standard InChI is InChI=1S/C2H4O2.Ir/c1-2(3)4;/h1H3,(H,3,4);/q;+3/p-1. The SMILES string of the molecule is CC(=O)[O-].[Ir+3]. The van der Waals surface area contributed by atoms with Crippen molar-refractivity contribution in [2.75, 3.05) is 0 Å². The van der Waals surface area contributed by atoms with E-state index < -0.39 is 5.97 Å². The molecule has 2 nitrogen and oxygen atoms in total. The fourth-order valence-electron chi connectivity index (χ4n) is 0. The Labute approximate surface area is 43.5 Å². The molecule has 0 unspecified atom stereocenters. The minimum absolute atomic E-state index is 0. The summed E-state index contributed by atoms with van der Waals surface area (Å²) in [6.07, 6.45) is 0. The maximum atomic E-state index is 8.89.